The molecule has 2 N–H and O–H groups in total. The number of aromatic nitrogens is 2. The maximum Gasteiger partial charge on any atom is 0.274 e. The van der Waals surface area contributed by atoms with Gasteiger partial charge in [-0.05, 0) is 42.3 Å². The third-order valence-electron chi connectivity index (χ3n) is 3.65. The maximum atomic E-state index is 12.4. The summed E-state index contributed by atoms with van der Waals surface area (Å²) in [4.78, 5) is 20.9. The number of anilines is 3. The molecule has 1 amide bonds. The Bertz CT molecular complexity index is 926. The Hall–Kier alpha value is -2.63. The Balaban J connectivity index is 1.79. The number of carbonyl (C=O) groups is 1. The lowest BCUT2D eigenvalue weighted by molar-refractivity contribution is 0.102. The number of hydrogen-bond acceptors (Lipinski definition) is 4. The van der Waals surface area contributed by atoms with Crippen molar-refractivity contribution in [1.29, 1.82) is 0 Å². The highest BCUT2D eigenvalue weighted by Crippen LogP contribution is 2.23. The van der Waals surface area contributed by atoms with Crippen LogP contribution in [0.4, 0.5) is 17.3 Å². The van der Waals surface area contributed by atoms with Crippen LogP contribution in [-0.4, -0.2) is 15.9 Å². The largest absolute Gasteiger partial charge is 0.324 e. The second-order valence-corrected chi connectivity index (χ2v) is 6.39. The monoisotopic (exact) mass is 386 g/mol. The van der Waals surface area contributed by atoms with Crippen molar-refractivity contribution in [3.63, 3.8) is 0 Å². The number of rotatable bonds is 5. The fourth-order valence-corrected chi connectivity index (χ4v) is 2.96. The van der Waals surface area contributed by atoms with Crippen molar-refractivity contribution < 1.29 is 4.79 Å². The van der Waals surface area contributed by atoms with E-state index in [1.54, 1.807) is 24.3 Å². The van der Waals surface area contributed by atoms with Gasteiger partial charge in [-0.25, -0.2) is 9.97 Å². The maximum absolute atomic E-state index is 12.4. The number of para-hydroxylation sites is 1. The predicted octanol–water partition coefficient (Wildman–Crippen LogP) is 5.34. The Morgan fingerprint density at radius 3 is 2.54 bits per heavy atom. The third kappa shape index (κ3) is 4.50. The molecule has 0 bridgehead atoms. The van der Waals surface area contributed by atoms with E-state index in [4.69, 9.17) is 23.2 Å². The van der Waals surface area contributed by atoms with Gasteiger partial charge in [0.15, 0.2) is 0 Å². The first kappa shape index (κ1) is 18.2. The number of hydrogen-bond donors (Lipinski definition) is 2. The summed E-state index contributed by atoms with van der Waals surface area (Å²) in [6, 6.07) is 14.2. The van der Waals surface area contributed by atoms with Crippen molar-refractivity contribution in [2.45, 2.75) is 13.3 Å². The SMILES string of the molecule is CCc1ccccc1Nc1nccc(C(=O)Nc2cc(Cl)cc(Cl)c2)n1. The summed E-state index contributed by atoms with van der Waals surface area (Å²) in [5.41, 5.74) is 2.78. The van der Waals surface area contributed by atoms with Crippen LogP contribution >= 0.6 is 23.2 Å². The van der Waals surface area contributed by atoms with E-state index >= 15 is 0 Å². The minimum Gasteiger partial charge on any atom is -0.324 e. The van der Waals surface area contributed by atoms with Crippen LogP contribution in [0.3, 0.4) is 0 Å². The van der Waals surface area contributed by atoms with Crippen LogP contribution in [0.2, 0.25) is 10.0 Å². The van der Waals surface area contributed by atoms with Crippen LogP contribution in [0.5, 0.6) is 0 Å². The number of amides is 1. The minimum absolute atomic E-state index is 0.229. The van der Waals surface area contributed by atoms with Crippen LogP contribution in [0.25, 0.3) is 0 Å². The predicted molar refractivity (Wildman–Crippen MR) is 106 cm³/mol. The number of halogens is 2. The van der Waals surface area contributed by atoms with E-state index in [0.29, 0.717) is 21.7 Å². The molecule has 0 radical (unpaired) electrons. The van der Waals surface area contributed by atoms with Crippen molar-refractivity contribution in [2.24, 2.45) is 0 Å². The molecule has 0 saturated carbocycles. The van der Waals surface area contributed by atoms with Crippen molar-refractivity contribution >= 4 is 46.4 Å². The topological polar surface area (TPSA) is 66.9 Å². The number of aryl methyl sites for hydroxylation is 1. The molecule has 0 unspecified atom stereocenters. The normalized spacial score (nSPS) is 10.4. The highest BCUT2D eigenvalue weighted by molar-refractivity contribution is 6.35. The zero-order chi connectivity index (χ0) is 18.5. The quantitative estimate of drug-likeness (QED) is 0.620. The van der Waals surface area contributed by atoms with Crippen molar-refractivity contribution in [2.75, 3.05) is 10.6 Å². The van der Waals surface area contributed by atoms with Gasteiger partial charge < -0.3 is 10.6 Å². The standard InChI is InChI=1S/C19H16Cl2N4O/c1-2-12-5-3-4-6-16(12)24-19-22-8-7-17(25-19)18(26)23-15-10-13(20)9-14(21)11-15/h3-11H,2H2,1H3,(H,23,26)(H,22,24,25). The second kappa shape index (κ2) is 8.17. The first-order chi connectivity index (χ1) is 12.5. The first-order valence-corrected chi connectivity index (χ1v) is 8.76. The molecule has 26 heavy (non-hydrogen) atoms. The van der Waals surface area contributed by atoms with E-state index in [2.05, 4.69) is 27.5 Å². The summed E-state index contributed by atoms with van der Waals surface area (Å²) in [5, 5.41) is 6.76. The highest BCUT2D eigenvalue weighted by Gasteiger charge is 2.11. The van der Waals surface area contributed by atoms with Crippen LogP contribution in [0.15, 0.2) is 54.7 Å². The van der Waals surface area contributed by atoms with E-state index < -0.39 is 0 Å². The van der Waals surface area contributed by atoms with E-state index in [9.17, 15) is 4.79 Å². The molecule has 1 aromatic heterocycles. The summed E-state index contributed by atoms with van der Waals surface area (Å²) in [7, 11) is 0. The molecule has 0 atom stereocenters. The molecule has 5 nitrogen and oxygen atoms in total. The molecule has 7 heteroatoms. The average Bonchev–Trinajstić information content (AvgIpc) is 2.61. The fourth-order valence-electron chi connectivity index (χ4n) is 2.44. The Labute approximate surface area is 161 Å². The molecule has 0 aliphatic rings. The van der Waals surface area contributed by atoms with Gasteiger partial charge in [0.2, 0.25) is 5.95 Å². The van der Waals surface area contributed by atoms with Crippen LogP contribution < -0.4 is 10.6 Å². The van der Waals surface area contributed by atoms with Gasteiger partial charge in [0.1, 0.15) is 5.69 Å². The second-order valence-electron chi connectivity index (χ2n) is 5.51. The van der Waals surface area contributed by atoms with Gasteiger partial charge >= 0.3 is 0 Å². The lowest BCUT2D eigenvalue weighted by Crippen LogP contribution is -2.15. The van der Waals surface area contributed by atoms with Crippen LogP contribution in [-0.2, 0) is 6.42 Å². The summed E-state index contributed by atoms with van der Waals surface area (Å²) < 4.78 is 0. The van der Waals surface area contributed by atoms with Gasteiger partial charge in [-0.15, -0.1) is 0 Å². The fraction of sp³-hybridized carbons (Fsp3) is 0.105. The van der Waals surface area contributed by atoms with Crippen LogP contribution in [0, 0.1) is 0 Å². The van der Waals surface area contributed by atoms with Gasteiger partial charge in [-0.3, -0.25) is 4.79 Å². The van der Waals surface area contributed by atoms with E-state index in [-0.39, 0.29) is 11.6 Å². The van der Waals surface area contributed by atoms with Crippen molar-refractivity contribution in [3.8, 4) is 0 Å². The Morgan fingerprint density at radius 2 is 1.81 bits per heavy atom. The number of carbonyl (C=O) groups excluding carboxylic acids is 1. The summed E-state index contributed by atoms with van der Waals surface area (Å²) >= 11 is 11.9. The molecule has 0 fully saturated rings. The highest BCUT2D eigenvalue weighted by atomic mass is 35.5. The summed E-state index contributed by atoms with van der Waals surface area (Å²) in [5.74, 6) is -0.0276. The third-order valence-corrected chi connectivity index (χ3v) is 4.09. The molecule has 3 rings (SSSR count). The molecular weight excluding hydrogens is 371 g/mol. The molecule has 0 spiro atoms. The molecule has 132 valence electrons. The zero-order valence-electron chi connectivity index (χ0n) is 14.0. The molecular formula is C19H16Cl2N4O. The average molecular weight is 387 g/mol. The molecule has 0 aliphatic carbocycles. The van der Waals surface area contributed by atoms with E-state index in [0.717, 1.165) is 17.7 Å². The summed E-state index contributed by atoms with van der Waals surface area (Å²) in [6.07, 6.45) is 2.41. The Morgan fingerprint density at radius 1 is 1.08 bits per heavy atom. The molecule has 0 aliphatic heterocycles. The van der Waals surface area contributed by atoms with Gasteiger partial charge in [-0.1, -0.05) is 48.3 Å². The van der Waals surface area contributed by atoms with Crippen molar-refractivity contribution in [1.82, 2.24) is 9.97 Å². The number of benzene rings is 2. The lowest BCUT2D eigenvalue weighted by Gasteiger charge is -2.10. The van der Waals surface area contributed by atoms with Gasteiger partial charge in [0.25, 0.3) is 5.91 Å². The molecule has 0 saturated heterocycles. The minimum atomic E-state index is -0.377. The van der Waals surface area contributed by atoms with E-state index in [1.807, 2.05) is 24.3 Å². The van der Waals surface area contributed by atoms with Gasteiger partial charge in [-0.2, -0.15) is 0 Å². The summed E-state index contributed by atoms with van der Waals surface area (Å²) in [6.45, 7) is 2.07. The molecule has 1 heterocycles. The van der Waals surface area contributed by atoms with Gasteiger partial charge in [0, 0.05) is 27.6 Å². The number of nitrogens with one attached hydrogen (secondary N) is 2. The van der Waals surface area contributed by atoms with E-state index in [1.165, 1.54) is 6.20 Å². The van der Waals surface area contributed by atoms with Crippen molar-refractivity contribution in [3.05, 3.63) is 76.0 Å². The number of nitrogens with zero attached hydrogens (tertiary/aromatic N) is 2. The first-order valence-electron chi connectivity index (χ1n) is 8.00. The van der Waals surface area contributed by atoms with Crippen LogP contribution in [0.1, 0.15) is 23.0 Å². The smallest absolute Gasteiger partial charge is 0.274 e. The van der Waals surface area contributed by atoms with Gasteiger partial charge in [0.05, 0.1) is 0 Å². The Kier molecular flexibility index (Phi) is 5.71. The molecule has 2 aromatic carbocycles. The lowest BCUT2D eigenvalue weighted by atomic mass is 10.1. The molecule has 3 aromatic rings. The zero-order valence-corrected chi connectivity index (χ0v) is 15.5.